The van der Waals surface area contributed by atoms with E-state index < -0.39 is 39.9 Å². The average molecular weight is 473 g/mol. The second kappa shape index (κ2) is 8.04. The highest BCUT2D eigenvalue weighted by Crippen LogP contribution is 2.67. The molecule has 0 radical (unpaired) electrons. The number of ether oxygens (including phenoxy) is 1. The van der Waals surface area contributed by atoms with Gasteiger partial charge in [0.25, 0.3) is 10.9 Å². The number of nitrogens with one attached hydrogen (secondary N) is 1. The molecule has 3 aliphatic rings. The fourth-order valence-corrected chi connectivity index (χ4v) is 7.45. The first-order chi connectivity index (χ1) is 15.8. The van der Waals surface area contributed by atoms with Crippen LogP contribution in [0.4, 0.5) is 11.4 Å². The summed E-state index contributed by atoms with van der Waals surface area (Å²) in [4.78, 5) is 49.3. The maximum atomic E-state index is 13.4. The molecule has 34 heavy (non-hydrogen) atoms. The summed E-state index contributed by atoms with van der Waals surface area (Å²) in [6.07, 6.45) is 3.65. The van der Waals surface area contributed by atoms with Crippen LogP contribution in [0.1, 0.15) is 59.8 Å². The maximum absolute atomic E-state index is 13.4. The predicted molar refractivity (Wildman–Crippen MR) is 129 cm³/mol. The molecule has 0 aliphatic heterocycles. The summed E-state index contributed by atoms with van der Waals surface area (Å²) >= 11 is 0. The number of ketones is 1. The topological polar surface area (TPSA) is 136 Å². The van der Waals surface area contributed by atoms with Gasteiger partial charge in [0.2, 0.25) is 0 Å². The summed E-state index contributed by atoms with van der Waals surface area (Å²) in [6, 6.07) is 0. The number of hydrogen-bond donors (Lipinski definition) is 3. The van der Waals surface area contributed by atoms with Crippen LogP contribution in [0.15, 0.2) is 22.2 Å². The highest BCUT2D eigenvalue weighted by molar-refractivity contribution is 5.86. The molecule has 3 aliphatic carbocycles. The average Bonchev–Trinajstić information content (AvgIpc) is 3.17. The van der Waals surface area contributed by atoms with Crippen molar-refractivity contribution in [1.29, 1.82) is 0 Å². The Bertz CT molecular complexity index is 1110. The van der Waals surface area contributed by atoms with Crippen LogP contribution in [0, 0.1) is 34.0 Å². The van der Waals surface area contributed by atoms with Crippen molar-refractivity contribution < 1.29 is 19.4 Å². The Hall–Kier alpha value is -2.48. The fraction of sp³-hybridized carbons (Fsp3) is 0.692. The third kappa shape index (κ3) is 3.21. The Kier molecular flexibility index (Phi) is 5.83. The lowest BCUT2D eigenvalue weighted by Crippen LogP contribution is -2.63. The lowest BCUT2D eigenvalue weighted by molar-refractivity contribution is -0.205. The minimum Gasteiger partial charge on any atom is -0.460 e. The zero-order valence-electron chi connectivity index (χ0n) is 20.5. The second-order valence-electron chi connectivity index (χ2n) is 11.4. The largest absolute Gasteiger partial charge is 0.460 e. The molecule has 4 rings (SSSR count). The number of nitrogens with two attached hydrogens (primary N) is 1. The maximum Gasteiger partial charge on any atom is 0.325 e. The van der Waals surface area contributed by atoms with Gasteiger partial charge < -0.3 is 20.9 Å². The van der Waals surface area contributed by atoms with Gasteiger partial charge in [-0.3, -0.25) is 19.2 Å². The first-order valence-electron chi connectivity index (χ1n) is 12.2. The lowest BCUT2D eigenvalue weighted by Gasteiger charge is -2.61. The van der Waals surface area contributed by atoms with Crippen LogP contribution < -0.4 is 21.9 Å². The van der Waals surface area contributed by atoms with E-state index in [0.29, 0.717) is 12.8 Å². The van der Waals surface area contributed by atoms with Gasteiger partial charge in [-0.25, -0.2) is 0 Å². The molecule has 8 nitrogen and oxygen atoms in total. The highest BCUT2D eigenvalue weighted by Gasteiger charge is 2.68. The molecule has 0 unspecified atom stereocenters. The van der Waals surface area contributed by atoms with E-state index in [1.165, 1.54) is 0 Å². The van der Waals surface area contributed by atoms with Crippen molar-refractivity contribution in [2.75, 3.05) is 17.6 Å². The van der Waals surface area contributed by atoms with Crippen LogP contribution in [0.2, 0.25) is 0 Å². The zero-order chi connectivity index (χ0) is 25.2. The van der Waals surface area contributed by atoms with Crippen LogP contribution in [-0.4, -0.2) is 35.6 Å². The summed E-state index contributed by atoms with van der Waals surface area (Å²) in [5, 5.41) is 14.1. The Balaban J connectivity index is 1.70. The molecule has 1 aromatic carbocycles. The predicted octanol–water partition coefficient (Wildman–Crippen LogP) is 2.18. The van der Waals surface area contributed by atoms with E-state index in [9.17, 15) is 24.3 Å². The first kappa shape index (κ1) is 24.6. The number of Topliss-reactive ketones (excluding diaryl/α,β-unsaturated/α-hetero) is 1. The summed E-state index contributed by atoms with van der Waals surface area (Å²) in [5.74, 6) is -0.709. The summed E-state index contributed by atoms with van der Waals surface area (Å²) < 4.78 is 6.06. The van der Waals surface area contributed by atoms with Gasteiger partial charge in [0.05, 0.1) is 6.10 Å². The van der Waals surface area contributed by atoms with E-state index in [-0.39, 0.29) is 46.9 Å². The molecule has 0 saturated heterocycles. The van der Waals surface area contributed by atoms with Crippen LogP contribution in [-0.2, 0) is 14.3 Å². The van der Waals surface area contributed by atoms with E-state index in [4.69, 9.17) is 10.5 Å². The van der Waals surface area contributed by atoms with E-state index in [0.717, 1.165) is 19.3 Å². The smallest absolute Gasteiger partial charge is 0.325 e. The molecule has 3 saturated carbocycles. The van der Waals surface area contributed by atoms with Crippen molar-refractivity contribution in [2.24, 2.45) is 34.0 Å². The third-order valence-electron chi connectivity index (χ3n) is 9.93. The highest BCUT2D eigenvalue weighted by atomic mass is 16.5. The van der Waals surface area contributed by atoms with Crippen molar-refractivity contribution >= 4 is 23.1 Å². The standard InChI is InChI=1S/C26H36N2O6/c1-6-24(4)11-16(34-17(30)12-28-19-18(27)20(31)21(19)32)25(5)13(2)7-9-26(14(3)23(24)33)10-8-15(29)22(25)26/h6,13-14,16,22-23,28,33H,1,7-12,27H2,2-5H3/t13-,14+,16-,22+,23+,24-,25+,26+/m1/s1. The van der Waals surface area contributed by atoms with Crippen molar-refractivity contribution in [3.05, 3.63) is 33.1 Å². The Morgan fingerprint density at radius 3 is 2.53 bits per heavy atom. The van der Waals surface area contributed by atoms with Gasteiger partial charge >= 0.3 is 5.97 Å². The zero-order valence-corrected chi connectivity index (χ0v) is 20.5. The number of nitrogen functional groups attached to an aromatic ring is 1. The minimum absolute atomic E-state index is 0.0676. The summed E-state index contributed by atoms with van der Waals surface area (Å²) in [6.45, 7) is 11.8. The van der Waals surface area contributed by atoms with E-state index >= 15 is 0 Å². The number of carbonyl (C=O) groups is 2. The van der Waals surface area contributed by atoms with E-state index in [1.54, 1.807) is 6.08 Å². The van der Waals surface area contributed by atoms with Gasteiger partial charge in [0, 0.05) is 23.2 Å². The molecule has 3 fully saturated rings. The number of aliphatic hydroxyl groups is 1. The molecule has 0 amide bonds. The number of esters is 1. The van der Waals surface area contributed by atoms with Crippen molar-refractivity contribution in [3.63, 3.8) is 0 Å². The minimum atomic E-state index is -0.764. The number of rotatable bonds is 5. The van der Waals surface area contributed by atoms with E-state index in [2.05, 4.69) is 32.7 Å². The summed E-state index contributed by atoms with van der Waals surface area (Å²) in [5.41, 5.74) is 2.11. The van der Waals surface area contributed by atoms with Gasteiger partial charge in [-0.05, 0) is 42.9 Å². The van der Waals surface area contributed by atoms with Crippen molar-refractivity contribution in [3.8, 4) is 0 Å². The fourth-order valence-electron chi connectivity index (χ4n) is 7.45. The Morgan fingerprint density at radius 1 is 1.24 bits per heavy atom. The molecule has 186 valence electrons. The molecule has 0 spiro atoms. The number of carbonyl (C=O) groups excluding carboxylic acids is 2. The molecule has 0 heterocycles. The summed E-state index contributed by atoms with van der Waals surface area (Å²) in [7, 11) is 0. The molecule has 8 atom stereocenters. The monoisotopic (exact) mass is 472 g/mol. The number of anilines is 2. The second-order valence-corrected chi connectivity index (χ2v) is 11.4. The number of aliphatic hydroxyl groups excluding tert-OH is 1. The normalized spacial score (nSPS) is 41.9. The SMILES string of the molecule is C=C[C@]1(C)C[C@@H](OC(=O)CNc2c(N)c(=O)c2=O)[C@]2(C)[C@H](C)CC[C@]3(CCC(=O)[C@H]32)[C@@H](C)[C@@H]1O. The molecule has 1 aromatic rings. The van der Waals surface area contributed by atoms with Crippen LogP contribution in [0.5, 0.6) is 0 Å². The third-order valence-corrected chi connectivity index (χ3v) is 9.93. The van der Waals surface area contributed by atoms with Crippen LogP contribution >= 0.6 is 0 Å². The van der Waals surface area contributed by atoms with Gasteiger partial charge in [0.1, 0.15) is 29.8 Å². The van der Waals surface area contributed by atoms with E-state index in [1.807, 2.05) is 6.92 Å². The Labute approximate surface area is 199 Å². The van der Waals surface area contributed by atoms with Gasteiger partial charge in [-0.1, -0.05) is 33.8 Å². The quantitative estimate of drug-likeness (QED) is 0.337. The first-order valence-corrected chi connectivity index (χ1v) is 12.2. The van der Waals surface area contributed by atoms with Gasteiger partial charge in [0.15, 0.2) is 0 Å². The molecule has 4 N–H and O–H groups in total. The van der Waals surface area contributed by atoms with Gasteiger partial charge in [-0.15, -0.1) is 6.58 Å². The molecular weight excluding hydrogens is 436 g/mol. The molecular formula is C26H36N2O6. The lowest BCUT2D eigenvalue weighted by atomic mass is 9.44. The van der Waals surface area contributed by atoms with Gasteiger partial charge in [-0.2, -0.15) is 0 Å². The number of hydrogen-bond acceptors (Lipinski definition) is 8. The van der Waals surface area contributed by atoms with Crippen molar-refractivity contribution in [2.45, 2.75) is 72.0 Å². The van der Waals surface area contributed by atoms with Crippen LogP contribution in [0.25, 0.3) is 0 Å². The Morgan fingerprint density at radius 2 is 1.91 bits per heavy atom. The molecule has 8 heteroatoms. The molecule has 0 aromatic heterocycles. The van der Waals surface area contributed by atoms with Crippen molar-refractivity contribution in [1.82, 2.24) is 0 Å². The van der Waals surface area contributed by atoms with Crippen LogP contribution in [0.3, 0.4) is 0 Å². The molecule has 2 bridgehead atoms.